The zero-order chi connectivity index (χ0) is 12.3. The molecule has 0 aliphatic rings. The van der Waals surface area contributed by atoms with Gasteiger partial charge in [-0.3, -0.25) is 0 Å². The summed E-state index contributed by atoms with van der Waals surface area (Å²) in [5.41, 5.74) is 8.21. The molecule has 2 nitrogen and oxygen atoms in total. The van der Waals surface area contributed by atoms with Gasteiger partial charge in [0.05, 0.1) is 0 Å². The molecule has 0 heterocycles. The van der Waals surface area contributed by atoms with Crippen LogP contribution in [0.15, 0.2) is 22.7 Å². The fourth-order valence-electron chi connectivity index (χ4n) is 1.53. The van der Waals surface area contributed by atoms with Crippen molar-refractivity contribution in [3.05, 3.63) is 28.2 Å². The summed E-state index contributed by atoms with van der Waals surface area (Å²) in [6.07, 6.45) is 1.11. The van der Waals surface area contributed by atoms with Crippen LogP contribution >= 0.6 is 15.9 Å². The summed E-state index contributed by atoms with van der Waals surface area (Å²) in [6, 6.07) is 6.36. The Balaban J connectivity index is 3.08. The summed E-state index contributed by atoms with van der Waals surface area (Å²) in [7, 11) is 2.13. The lowest BCUT2D eigenvalue weighted by Crippen LogP contribution is -2.40. The van der Waals surface area contributed by atoms with E-state index in [2.05, 4.69) is 66.8 Å². The minimum Gasteiger partial charge on any atom is -0.369 e. The summed E-state index contributed by atoms with van der Waals surface area (Å²) in [5, 5.41) is 0. The van der Waals surface area contributed by atoms with E-state index in [1.807, 2.05) is 0 Å². The normalized spacial score (nSPS) is 11.6. The van der Waals surface area contributed by atoms with Gasteiger partial charge in [-0.05, 0) is 44.0 Å². The number of hydrogen-bond acceptors (Lipinski definition) is 2. The van der Waals surface area contributed by atoms with Crippen molar-refractivity contribution in [3.63, 3.8) is 0 Å². The summed E-state index contributed by atoms with van der Waals surface area (Å²) in [4.78, 5) is 2.30. The first-order valence-electron chi connectivity index (χ1n) is 5.64. The molecule has 3 heteroatoms. The average molecular weight is 285 g/mol. The molecule has 90 valence electrons. The molecule has 16 heavy (non-hydrogen) atoms. The third-order valence-electron chi connectivity index (χ3n) is 3.34. The Bertz CT molecular complexity index is 361. The second-order valence-electron chi connectivity index (χ2n) is 4.75. The van der Waals surface area contributed by atoms with Crippen LogP contribution in [0.25, 0.3) is 0 Å². The predicted octanol–water partition coefficient (Wildman–Crippen LogP) is 3.53. The van der Waals surface area contributed by atoms with Crippen molar-refractivity contribution in [3.8, 4) is 0 Å². The molecule has 0 fully saturated rings. The summed E-state index contributed by atoms with van der Waals surface area (Å²) >= 11 is 3.53. The smallest absolute Gasteiger partial charge is 0.0382 e. The zero-order valence-corrected chi connectivity index (χ0v) is 12.1. The Kier molecular flexibility index (Phi) is 4.39. The van der Waals surface area contributed by atoms with Crippen LogP contribution in [-0.4, -0.2) is 12.6 Å². The first-order chi connectivity index (χ1) is 7.40. The van der Waals surface area contributed by atoms with Gasteiger partial charge in [-0.25, -0.2) is 0 Å². The van der Waals surface area contributed by atoms with Crippen molar-refractivity contribution in [2.45, 2.75) is 39.3 Å². The van der Waals surface area contributed by atoms with Crippen LogP contribution in [0.2, 0.25) is 0 Å². The van der Waals surface area contributed by atoms with Crippen LogP contribution in [-0.2, 0) is 6.54 Å². The van der Waals surface area contributed by atoms with E-state index in [1.165, 1.54) is 5.69 Å². The Morgan fingerprint density at radius 1 is 1.31 bits per heavy atom. The number of nitrogens with two attached hydrogens (primary N) is 1. The highest BCUT2D eigenvalue weighted by molar-refractivity contribution is 9.10. The highest BCUT2D eigenvalue weighted by Crippen LogP contribution is 2.28. The molecule has 0 bridgehead atoms. The van der Waals surface area contributed by atoms with Gasteiger partial charge < -0.3 is 10.6 Å². The van der Waals surface area contributed by atoms with E-state index >= 15 is 0 Å². The molecule has 0 saturated carbocycles. The third kappa shape index (κ3) is 2.98. The van der Waals surface area contributed by atoms with Crippen LogP contribution in [0.1, 0.15) is 32.8 Å². The van der Waals surface area contributed by atoms with Crippen LogP contribution in [0, 0.1) is 0 Å². The number of benzene rings is 1. The molecule has 1 aromatic rings. The number of rotatable bonds is 4. The van der Waals surface area contributed by atoms with Crippen LogP contribution < -0.4 is 10.6 Å². The van der Waals surface area contributed by atoms with Gasteiger partial charge in [0, 0.05) is 29.3 Å². The van der Waals surface area contributed by atoms with Gasteiger partial charge in [-0.1, -0.05) is 22.9 Å². The molecule has 0 amide bonds. The Hall–Kier alpha value is -0.540. The lowest BCUT2D eigenvalue weighted by molar-refractivity contribution is 0.470. The number of anilines is 1. The van der Waals surface area contributed by atoms with Crippen LogP contribution in [0.4, 0.5) is 5.69 Å². The van der Waals surface area contributed by atoms with E-state index < -0.39 is 0 Å². The average Bonchev–Trinajstić information content (AvgIpc) is 2.27. The van der Waals surface area contributed by atoms with Crippen molar-refractivity contribution in [2.24, 2.45) is 5.73 Å². The SMILES string of the molecule is CCC(C)(C)N(C)c1cc(Br)cc(CN)c1. The Morgan fingerprint density at radius 2 is 1.94 bits per heavy atom. The zero-order valence-electron chi connectivity index (χ0n) is 10.5. The fourth-order valence-corrected chi connectivity index (χ4v) is 2.06. The molecule has 0 saturated heterocycles. The second kappa shape index (κ2) is 5.19. The van der Waals surface area contributed by atoms with Gasteiger partial charge in [0.15, 0.2) is 0 Å². The highest BCUT2D eigenvalue weighted by atomic mass is 79.9. The molecule has 0 spiro atoms. The topological polar surface area (TPSA) is 29.3 Å². The molecule has 2 N–H and O–H groups in total. The molecule has 1 aromatic carbocycles. The second-order valence-corrected chi connectivity index (χ2v) is 5.66. The monoisotopic (exact) mass is 284 g/mol. The van der Waals surface area contributed by atoms with Crippen molar-refractivity contribution >= 4 is 21.6 Å². The first-order valence-corrected chi connectivity index (χ1v) is 6.43. The molecule has 0 radical (unpaired) electrons. The molecule has 0 atom stereocenters. The van der Waals surface area contributed by atoms with E-state index in [4.69, 9.17) is 5.73 Å². The standard InChI is InChI=1S/C13H21BrN2/c1-5-13(2,3)16(4)12-7-10(9-15)6-11(14)8-12/h6-8H,5,9,15H2,1-4H3. The number of hydrogen-bond donors (Lipinski definition) is 1. The fraction of sp³-hybridized carbons (Fsp3) is 0.538. The van der Waals surface area contributed by atoms with Crippen molar-refractivity contribution in [1.82, 2.24) is 0 Å². The van der Waals surface area contributed by atoms with Gasteiger partial charge in [0.25, 0.3) is 0 Å². The van der Waals surface area contributed by atoms with E-state index in [-0.39, 0.29) is 5.54 Å². The van der Waals surface area contributed by atoms with Gasteiger partial charge >= 0.3 is 0 Å². The van der Waals surface area contributed by atoms with Crippen molar-refractivity contribution in [2.75, 3.05) is 11.9 Å². The first kappa shape index (κ1) is 13.5. The molecule has 0 aliphatic carbocycles. The van der Waals surface area contributed by atoms with Gasteiger partial charge in [-0.2, -0.15) is 0 Å². The van der Waals surface area contributed by atoms with E-state index in [1.54, 1.807) is 0 Å². The minimum atomic E-state index is 0.159. The Morgan fingerprint density at radius 3 is 2.44 bits per heavy atom. The summed E-state index contributed by atoms with van der Waals surface area (Å²) in [5.74, 6) is 0. The molecule has 0 aliphatic heterocycles. The van der Waals surface area contributed by atoms with Crippen molar-refractivity contribution < 1.29 is 0 Å². The lowest BCUT2D eigenvalue weighted by atomic mass is 9.99. The molecule has 1 rings (SSSR count). The van der Waals surface area contributed by atoms with Gasteiger partial charge in [0.2, 0.25) is 0 Å². The predicted molar refractivity (Wildman–Crippen MR) is 74.8 cm³/mol. The summed E-state index contributed by atoms with van der Waals surface area (Å²) < 4.78 is 1.09. The largest absolute Gasteiger partial charge is 0.369 e. The quantitative estimate of drug-likeness (QED) is 0.917. The van der Waals surface area contributed by atoms with Gasteiger partial charge in [0.1, 0.15) is 0 Å². The van der Waals surface area contributed by atoms with Crippen molar-refractivity contribution in [1.29, 1.82) is 0 Å². The molecule has 0 aromatic heterocycles. The Labute approximate surface area is 107 Å². The number of halogens is 1. The number of nitrogens with zero attached hydrogens (tertiary/aromatic N) is 1. The van der Waals surface area contributed by atoms with E-state index in [0.717, 1.165) is 16.5 Å². The van der Waals surface area contributed by atoms with Crippen LogP contribution in [0.5, 0.6) is 0 Å². The van der Waals surface area contributed by atoms with E-state index in [9.17, 15) is 0 Å². The third-order valence-corrected chi connectivity index (χ3v) is 3.80. The molecule has 0 unspecified atom stereocenters. The van der Waals surface area contributed by atoms with E-state index in [0.29, 0.717) is 6.54 Å². The minimum absolute atomic E-state index is 0.159. The summed E-state index contributed by atoms with van der Waals surface area (Å²) in [6.45, 7) is 7.28. The van der Waals surface area contributed by atoms with Gasteiger partial charge in [-0.15, -0.1) is 0 Å². The maximum Gasteiger partial charge on any atom is 0.0382 e. The van der Waals surface area contributed by atoms with Crippen LogP contribution in [0.3, 0.4) is 0 Å². The maximum atomic E-state index is 5.69. The molecular weight excluding hydrogens is 264 g/mol. The maximum absolute atomic E-state index is 5.69. The molecular formula is C13H21BrN2. The lowest BCUT2D eigenvalue weighted by Gasteiger charge is -2.37. The highest BCUT2D eigenvalue weighted by Gasteiger charge is 2.21.